The van der Waals surface area contributed by atoms with Gasteiger partial charge in [0.25, 0.3) is 5.92 Å². The van der Waals surface area contributed by atoms with Crippen molar-refractivity contribution in [2.75, 3.05) is 13.7 Å². The second-order valence-electron chi connectivity index (χ2n) is 9.60. The lowest BCUT2D eigenvalue weighted by Crippen LogP contribution is -2.39. The third kappa shape index (κ3) is 8.10. The Hall–Kier alpha value is -2.32. The summed E-state index contributed by atoms with van der Waals surface area (Å²) in [7, 11) is 1.30. The Balaban J connectivity index is 1.76. The van der Waals surface area contributed by atoms with Crippen LogP contribution in [0.3, 0.4) is 0 Å². The van der Waals surface area contributed by atoms with Gasteiger partial charge in [0.1, 0.15) is 12.2 Å². The Morgan fingerprint density at radius 1 is 1.17 bits per heavy atom. The van der Waals surface area contributed by atoms with Gasteiger partial charge in [0.15, 0.2) is 6.29 Å². The lowest BCUT2D eigenvalue weighted by atomic mass is 9.90. The molecule has 1 aliphatic heterocycles. The number of esters is 2. The van der Waals surface area contributed by atoms with E-state index in [-0.39, 0.29) is 18.8 Å². The maximum absolute atomic E-state index is 15.5. The standard InChI is InChI=1S/C28H38F2O6/c1-3-4-12-24(36-26-13-8-9-18-34-26)28(29,30)17-16-22-21(19-25(31)33-2)14-15-23(22)35-27(32)20-10-6-5-7-11-20/h5-7,10-11,16-17,21-24,26H,3-4,8-9,12-15,18-19H2,1-2H3/b17-16+/t21-,22-,23-,24?,26?/m1/s1. The van der Waals surface area contributed by atoms with E-state index in [1.165, 1.54) is 13.2 Å². The first-order valence-electron chi connectivity index (χ1n) is 13.0. The van der Waals surface area contributed by atoms with Gasteiger partial charge in [-0.1, -0.05) is 44.0 Å². The summed E-state index contributed by atoms with van der Waals surface area (Å²) < 4.78 is 52.8. The average Bonchev–Trinajstić information content (AvgIpc) is 3.26. The number of hydrogen-bond acceptors (Lipinski definition) is 6. The van der Waals surface area contributed by atoms with Gasteiger partial charge in [-0.3, -0.25) is 4.79 Å². The second kappa shape index (κ2) is 13.8. The molecule has 2 unspecified atom stereocenters. The van der Waals surface area contributed by atoms with Gasteiger partial charge in [0.2, 0.25) is 0 Å². The fraction of sp³-hybridized carbons (Fsp3) is 0.643. The zero-order valence-electron chi connectivity index (χ0n) is 21.2. The number of carbonyl (C=O) groups excluding carboxylic acids is 2. The Labute approximate surface area is 212 Å². The van der Waals surface area contributed by atoms with Gasteiger partial charge in [0.05, 0.1) is 12.7 Å². The van der Waals surface area contributed by atoms with Gasteiger partial charge in [-0.25, -0.2) is 4.79 Å². The van der Waals surface area contributed by atoms with Gasteiger partial charge in [-0.2, -0.15) is 8.78 Å². The van der Waals surface area contributed by atoms with Crippen molar-refractivity contribution in [2.24, 2.45) is 11.8 Å². The van der Waals surface area contributed by atoms with Crippen LogP contribution in [0.1, 0.15) is 75.1 Å². The number of halogens is 2. The van der Waals surface area contributed by atoms with E-state index >= 15 is 8.78 Å². The molecule has 0 spiro atoms. The maximum atomic E-state index is 15.5. The molecular formula is C28H38F2O6. The van der Waals surface area contributed by atoms with Gasteiger partial charge < -0.3 is 18.9 Å². The van der Waals surface area contributed by atoms with E-state index in [0.29, 0.717) is 37.9 Å². The predicted octanol–water partition coefficient (Wildman–Crippen LogP) is 6.09. The molecular weight excluding hydrogens is 470 g/mol. The molecule has 1 aromatic rings. The molecule has 1 heterocycles. The largest absolute Gasteiger partial charge is 0.469 e. The number of carbonyl (C=O) groups is 2. The second-order valence-corrected chi connectivity index (χ2v) is 9.60. The van der Waals surface area contributed by atoms with Gasteiger partial charge >= 0.3 is 11.9 Å². The molecule has 0 bridgehead atoms. The van der Waals surface area contributed by atoms with Crippen LogP contribution in [-0.4, -0.2) is 50.1 Å². The summed E-state index contributed by atoms with van der Waals surface area (Å²) in [6.45, 7) is 2.46. The third-order valence-electron chi connectivity index (χ3n) is 6.96. The molecule has 200 valence electrons. The lowest BCUT2D eigenvalue weighted by molar-refractivity contribution is -0.229. The maximum Gasteiger partial charge on any atom is 0.338 e. The molecule has 0 aromatic heterocycles. The number of unbranched alkanes of at least 4 members (excludes halogenated alkanes) is 1. The van der Waals surface area contributed by atoms with Crippen LogP contribution in [0.25, 0.3) is 0 Å². The van der Waals surface area contributed by atoms with Crippen LogP contribution in [0, 0.1) is 11.8 Å². The number of methoxy groups -OCH3 is 1. The van der Waals surface area contributed by atoms with Gasteiger partial charge in [-0.05, 0) is 62.7 Å². The molecule has 1 aliphatic carbocycles. The summed E-state index contributed by atoms with van der Waals surface area (Å²) in [6.07, 6.45) is 4.81. The van der Waals surface area contributed by atoms with Crippen molar-refractivity contribution in [1.29, 1.82) is 0 Å². The quantitative estimate of drug-likeness (QED) is 0.251. The first-order chi connectivity index (χ1) is 17.3. The summed E-state index contributed by atoms with van der Waals surface area (Å²) in [5.41, 5.74) is 0.391. The van der Waals surface area contributed by atoms with Crippen molar-refractivity contribution >= 4 is 11.9 Å². The Morgan fingerprint density at radius 2 is 1.94 bits per heavy atom. The lowest BCUT2D eigenvalue weighted by Gasteiger charge is -2.31. The molecule has 5 atom stereocenters. The van der Waals surface area contributed by atoms with E-state index in [4.69, 9.17) is 18.9 Å². The topological polar surface area (TPSA) is 71.1 Å². The smallest absolute Gasteiger partial charge is 0.338 e. The number of benzene rings is 1. The highest BCUT2D eigenvalue weighted by molar-refractivity contribution is 5.89. The summed E-state index contributed by atoms with van der Waals surface area (Å²) in [6, 6.07) is 8.55. The number of ether oxygens (including phenoxy) is 4. The van der Waals surface area contributed by atoms with Crippen molar-refractivity contribution in [3.8, 4) is 0 Å². The van der Waals surface area contributed by atoms with Crippen molar-refractivity contribution < 1.29 is 37.3 Å². The Bertz CT molecular complexity index is 853. The van der Waals surface area contributed by atoms with Crippen LogP contribution in [0.15, 0.2) is 42.5 Å². The van der Waals surface area contributed by atoms with Crippen molar-refractivity contribution in [3.63, 3.8) is 0 Å². The van der Waals surface area contributed by atoms with Gasteiger partial charge in [0, 0.05) is 18.9 Å². The zero-order valence-corrected chi connectivity index (χ0v) is 21.2. The fourth-order valence-corrected chi connectivity index (χ4v) is 4.89. The summed E-state index contributed by atoms with van der Waals surface area (Å²) in [5.74, 6) is -4.99. The summed E-state index contributed by atoms with van der Waals surface area (Å²) in [5, 5.41) is 0. The van der Waals surface area contributed by atoms with Crippen LogP contribution in [-0.2, 0) is 23.7 Å². The molecule has 0 N–H and O–H groups in total. The third-order valence-corrected chi connectivity index (χ3v) is 6.96. The molecule has 1 aromatic carbocycles. The molecule has 3 rings (SSSR count). The summed E-state index contributed by atoms with van der Waals surface area (Å²) in [4.78, 5) is 24.6. The number of hydrogen-bond donors (Lipinski definition) is 0. The first-order valence-corrected chi connectivity index (χ1v) is 13.0. The number of alkyl halides is 2. The van der Waals surface area contributed by atoms with Crippen LogP contribution < -0.4 is 0 Å². The fourth-order valence-electron chi connectivity index (χ4n) is 4.89. The first kappa shape index (κ1) is 28.3. The highest BCUT2D eigenvalue weighted by Gasteiger charge is 2.42. The van der Waals surface area contributed by atoms with Crippen molar-refractivity contribution in [1.82, 2.24) is 0 Å². The Morgan fingerprint density at radius 3 is 2.61 bits per heavy atom. The van der Waals surface area contributed by atoms with E-state index < -0.39 is 42.3 Å². The van der Waals surface area contributed by atoms with Crippen LogP contribution in [0.2, 0.25) is 0 Å². The van der Waals surface area contributed by atoms with Gasteiger partial charge in [-0.15, -0.1) is 0 Å². The monoisotopic (exact) mass is 508 g/mol. The molecule has 2 fully saturated rings. The van der Waals surface area contributed by atoms with Crippen LogP contribution in [0.4, 0.5) is 8.78 Å². The minimum atomic E-state index is -3.25. The zero-order chi connectivity index (χ0) is 26.0. The molecule has 2 aliphatic rings. The normalized spacial score (nSPS) is 25.6. The minimum Gasteiger partial charge on any atom is -0.469 e. The van der Waals surface area contributed by atoms with E-state index in [9.17, 15) is 9.59 Å². The van der Waals surface area contributed by atoms with Crippen LogP contribution in [0.5, 0.6) is 0 Å². The highest BCUT2D eigenvalue weighted by Crippen LogP contribution is 2.39. The number of rotatable bonds is 12. The average molecular weight is 509 g/mol. The molecule has 6 nitrogen and oxygen atoms in total. The molecule has 0 radical (unpaired) electrons. The van der Waals surface area contributed by atoms with E-state index in [2.05, 4.69) is 0 Å². The molecule has 1 saturated carbocycles. The molecule has 8 heteroatoms. The summed E-state index contributed by atoms with van der Waals surface area (Å²) >= 11 is 0. The minimum absolute atomic E-state index is 0.0716. The molecule has 36 heavy (non-hydrogen) atoms. The highest BCUT2D eigenvalue weighted by atomic mass is 19.3. The van der Waals surface area contributed by atoms with E-state index in [0.717, 1.165) is 25.3 Å². The molecule has 1 saturated heterocycles. The van der Waals surface area contributed by atoms with E-state index in [1.54, 1.807) is 30.3 Å². The van der Waals surface area contributed by atoms with E-state index in [1.807, 2.05) is 6.92 Å². The predicted molar refractivity (Wildman–Crippen MR) is 131 cm³/mol. The Kier molecular flexibility index (Phi) is 10.9. The SMILES string of the molecule is CCCCC(OC1CCCCO1)C(F)(F)/C=C/[C@@H]1[C@@H](CC(=O)OC)CC[C@H]1OC(=O)c1ccccc1. The van der Waals surface area contributed by atoms with Crippen molar-refractivity contribution in [2.45, 2.75) is 89.1 Å². The molecule has 0 amide bonds. The van der Waals surface area contributed by atoms with Crippen LogP contribution >= 0.6 is 0 Å². The van der Waals surface area contributed by atoms with Crippen molar-refractivity contribution in [3.05, 3.63) is 48.0 Å².